The summed E-state index contributed by atoms with van der Waals surface area (Å²) in [4.78, 5) is 1.36. The molecule has 2 nitrogen and oxygen atoms in total. The van der Waals surface area contributed by atoms with Crippen molar-refractivity contribution in [3.8, 4) is 0 Å². The van der Waals surface area contributed by atoms with Crippen LogP contribution in [0.1, 0.15) is 10.4 Å². The Morgan fingerprint density at radius 1 is 1.14 bits per heavy atom. The summed E-state index contributed by atoms with van der Waals surface area (Å²) >= 11 is 7.72. The van der Waals surface area contributed by atoms with Gasteiger partial charge in [-0.05, 0) is 43.0 Å². The van der Waals surface area contributed by atoms with Crippen molar-refractivity contribution in [2.75, 3.05) is 26.8 Å². The number of nitrogens with one attached hydrogen (secondary N) is 1. The van der Waals surface area contributed by atoms with E-state index in [4.69, 9.17) is 16.3 Å². The van der Waals surface area contributed by atoms with Crippen molar-refractivity contribution in [2.24, 2.45) is 5.92 Å². The fourth-order valence-electron chi connectivity index (χ4n) is 2.39. The van der Waals surface area contributed by atoms with Crippen LogP contribution in [0.3, 0.4) is 0 Å². The van der Waals surface area contributed by atoms with Crippen LogP contribution < -0.4 is 5.32 Å². The molecule has 1 atom stereocenters. The molecule has 1 unspecified atom stereocenters. The minimum atomic E-state index is 0.568. The van der Waals surface area contributed by atoms with Crippen molar-refractivity contribution in [2.45, 2.75) is 12.8 Å². The first-order valence-corrected chi connectivity index (χ1v) is 8.45. The van der Waals surface area contributed by atoms with E-state index in [1.807, 2.05) is 6.07 Å². The SMILES string of the molecule is COCCNCC(Cc1ccccc1)Cc1ccc(Cl)s1. The summed E-state index contributed by atoms with van der Waals surface area (Å²) in [7, 11) is 1.73. The van der Waals surface area contributed by atoms with E-state index in [1.165, 1.54) is 10.4 Å². The summed E-state index contributed by atoms with van der Waals surface area (Å²) in [5.41, 5.74) is 1.39. The molecule has 0 aliphatic carbocycles. The van der Waals surface area contributed by atoms with Gasteiger partial charge in [-0.1, -0.05) is 41.9 Å². The van der Waals surface area contributed by atoms with Gasteiger partial charge in [0.15, 0.2) is 0 Å². The highest BCUT2D eigenvalue weighted by Gasteiger charge is 2.12. The average Bonchev–Trinajstić information content (AvgIpc) is 2.90. The standard InChI is InChI=1S/C17H22ClNOS/c1-20-10-9-19-13-15(11-14-5-3-2-4-6-14)12-16-7-8-17(18)21-16/h2-8,15,19H,9-13H2,1H3. The smallest absolute Gasteiger partial charge is 0.0931 e. The second-order valence-corrected chi connectivity index (χ2v) is 6.96. The van der Waals surface area contributed by atoms with Gasteiger partial charge < -0.3 is 10.1 Å². The summed E-state index contributed by atoms with van der Waals surface area (Å²) in [6, 6.07) is 14.8. The molecule has 0 saturated heterocycles. The normalized spacial score (nSPS) is 12.5. The zero-order chi connectivity index (χ0) is 14.9. The number of halogens is 1. The lowest BCUT2D eigenvalue weighted by atomic mass is 9.95. The highest BCUT2D eigenvalue weighted by Crippen LogP contribution is 2.25. The predicted molar refractivity (Wildman–Crippen MR) is 91.4 cm³/mol. The van der Waals surface area contributed by atoms with Crippen LogP contribution in [0.15, 0.2) is 42.5 Å². The molecule has 0 fully saturated rings. The van der Waals surface area contributed by atoms with Crippen LogP contribution in [-0.2, 0) is 17.6 Å². The second kappa shape index (κ2) is 9.21. The molecule has 1 aromatic carbocycles. The van der Waals surface area contributed by atoms with Gasteiger partial charge >= 0.3 is 0 Å². The molecule has 0 aliphatic rings. The van der Waals surface area contributed by atoms with Gasteiger partial charge in [-0.3, -0.25) is 0 Å². The van der Waals surface area contributed by atoms with E-state index in [2.05, 4.69) is 41.7 Å². The first-order chi connectivity index (χ1) is 10.3. The van der Waals surface area contributed by atoms with Crippen LogP contribution in [-0.4, -0.2) is 26.8 Å². The summed E-state index contributed by atoms with van der Waals surface area (Å²) in [5.74, 6) is 0.568. The molecule has 0 spiro atoms. The number of hydrogen-bond acceptors (Lipinski definition) is 3. The topological polar surface area (TPSA) is 21.3 Å². The number of thiophene rings is 1. The molecule has 2 rings (SSSR count). The lowest BCUT2D eigenvalue weighted by Gasteiger charge is -2.17. The zero-order valence-corrected chi connectivity index (χ0v) is 13.9. The Labute approximate surface area is 136 Å². The van der Waals surface area contributed by atoms with Crippen LogP contribution in [0.2, 0.25) is 4.34 Å². The fourth-order valence-corrected chi connectivity index (χ4v) is 3.59. The first kappa shape index (κ1) is 16.5. The van der Waals surface area contributed by atoms with Gasteiger partial charge in [0.1, 0.15) is 0 Å². The van der Waals surface area contributed by atoms with Crippen molar-refractivity contribution >= 4 is 22.9 Å². The van der Waals surface area contributed by atoms with Gasteiger partial charge in [0.05, 0.1) is 10.9 Å². The van der Waals surface area contributed by atoms with E-state index in [1.54, 1.807) is 18.4 Å². The number of hydrogen-bond donors (Lipinski definition) is 1. The Hall–Kier alpha value is -0.870. The molecule has 0 radical (unpaired) electrons. The molecule has 1 N–H and O–H groups in total. The molecule has 0 aliphatic heterocycles. The number of methoxy groups -OCH3 is 1. The van der Waals surface area contributed by atoms with Crippen LogP contribution in [0.25, 0.3) is 0 Å². The monoisotopic (exact) mass is 323 g/mol. The van der Waals surface area contributed by atoms with Gasteiger partial charge in [0, 0.05) is 18.5 Å². The third-order valence-electron chi connectivity index (χ3n) is 3.40. The molecule has 114 valence electrons. The van der Waals surface area contributed by atoms with E-state index >= 15 is 0 Å². The van der Waals surface area contributed by atoms with Crippen molar-refractivity contribution < 1.29 is 4.74 Å². The number of rotatable bonds is 9. The van der Waals surface area contributed by atoms with Gasteiger partial charge in [-0.15, -0.1) is 11.3 Å². The van der Waals surface area contributed by atoms with Crippen LogP contribution in [0.4, 0.5) is 0 Å². The molecular weight excluding hydrogens is 302 g/mol. The largest absolute Gasteiger partial charge is 0.383 e. The maximum absolute atomic E-state index is 6.04. The van der Waals surface area contributed by atoms with Crippen molar-refractivity contribution in [1.82, 2.24) is 5.32 Å². The Bertz CT molecular complexity index is 515. The van der Waals surface area contributed by atoms with E-state index in [0.29, 0.717) is 5.92 Å². The lowest BCUT2D eigenvalue weighted by molar-refractivity contribution is 0.197. The Kier molecular flexibility index (Phi) is 7.24. The maximum Gasteiger partial charge on any atom is 0.0931 e. The fraction of sp³-hybridized carbons (Fsp3) is 0.412. The van der Waals surface area contributed by atoms with Crippen LogP contribution in [0.5, 0.6) is 0 Å². The molecule has 2 aromatic rings. The van der Waals surface area contributed by atoms with E-state index < -0.39 is 0 Å². The molecular formula is C17H22ClNOS. The second-order valence-electron chi connectivity index (χ2n) is 5.16. The van der Waals surface area contributed by atoms with Gasteiger partial charge in [-0.25, -0.2) is 0 Å². The Balaban J connectivity index is 1.92. The lowest BCUT2D eigenvalue weighted by Crippen LogP contribution is -2.28. The quantitative estimate of drug-likeness (QED) is 0.703. The summed E-state index contributed by atoms with van der Waals surface area (Å²) in [5, 5.41) is 3.48. The minimum absolute atomic E-state index is 0.568. The van der Waals surface area contributed by atoms with E-state index in [9.17, 15) is 0 Å². The highest BCUT2D eigenvalue weighted by atomic mass is 35.5. The Morgan fingerprint density at radius 3 is 2.62 bits per heavy atom. The maximum atomic E-state index is 6.04. The first-order valence-electron chi connectivity index (χ1n) is 7.25. The summed E-state index contributed by atoms with van der Waals surface area (Å²) < 4.78 is 5.96. The van der Waals surface area contributed by atoms with Gasteiger partial charge in [0.25, 0.3) is 0 Å². The molecule has 4 heteroatoms. The minimum Gasteiger partial charge on any atom is -0.383 e. The molecule has 0 saturated carbocycles. The van der Waals surface area contributed by atoms with Crippen molar-refractivity contribution in [3.05, 3.63) is 57.2 Å². The third kappa shape index (κ3) is 6.18. The van der Waals surface area contributed by atoms with Gasteiger partial charge in [0.2, 0.25) is 0 Å². The van der Waals surface area contributed by atoms with Gasteiger partial charge in [-0.2, -0.15) is 0 Å². The molecule has 0 amide bonds. The predicted octanol–water partition coefficient (Wildman–Crippen LogP) is 4.04. The summed E-state index contributed by atoms with van der Waals surface area (Å²) in [6.45, 7) is 2.64. The van der Waals surface area contributed by atoms with Crippen LogP contribution in [0, 0.1) is 5.92 Å². The molecule has 1 heterocycles. The molecule has 1 aromatic heterocycles. The zero-order valence-electron chi connectivity index (χ0n) is 12.3. The molecule has 21 heavy (non-hydrogen) atoms. The Morgan fingerprint density at radius 2 is 1.95 bits per heavy atom. The van der Waals surface area contributed by atoms with Crippen molar-refractivity contribution in [3.63, 3.8) is 0 Å². The third-order valence-corrected chi connectivity index (χ3v) is 4.66. The number of benzene rings is 1. The molecule has 0 bridgehead atoms. The summed E-state index contributed by atoms with van der Waals surface area (Å²) in [6.07, 6.45) is 2.14. The van der Waals surface area contributed by atoms with E-state index in [-0.39, 0.29) is 0 Å². The number of ether oxygens (including phenoxy) is 1. The van der Waals surface area contributed by atoms with Crippen LogP contribution >= 0.6 is 22.9 Å². The average molecular weight is 324 g/mol. The van der Waals surface area contributed by atoms with E-state index in [0.717, 1.165) is 36.9 Å². The highest BCUT2D eigenvalue weighted by molar-refractivity contribution is 7.16. The van der Waals surface area contributed by atoms with Crippen molar-refractivity contribution in [1.29, 1.82) is 0 Å².